The molecule has 1 atom stereocenters. The first-order valence-corrected chi connectivity index (χ1v) is 10.1. The molecular formula is C22H23ClN2O3. The number of ketones is 1. The highest BCUT2D eigenvalue weighted by atomic mass is 35.5. The minimum atomic E-state index is -0.0806. The minimum absolute atomic E-state index is 0.0242. The van der Waals surface area contributed by atoms with Gasteiger partial charge in [0.1, 0.15) is 5.75 Å². The number of aromatic hydroxyl groups is 1. The number of Topliss-reactive ketones (excluding diaryl/α,β-unsaturated/α-hetero) is 1. The summed E-state index contributed by atoms with van der Waals surface area (Å²) in [5, 5.41) is 13.2. The Morgan fingerprint density at radius 3 is 2.46 bits per heavy atom. The van der Waals surface area contributed by atoms with Crippen LogP contribution >= 0.6 is 11.6 Å². The van der Waals surface area contributed by atoms with Crippen LogP contribution in [0.3, 0.4) is 0 Å². The summed E-state index contributed by atoms with van der Waals surface area (Å²) in [4.78, 5) is 27.1. The number of likely N-dealkylation sites (tertiary alicyclic amines) is 1. The number of halogens is 1. The Kier molecular flexibility index (Phi) is 5.27. The van der Waals surface area contributed by atoms with Crippen LogP contribution in [0.1, 0.15) is 46.8 Å². The summed E-state index contributed by atoms with van der Waals surface area (Å²) in [5.41, 5.74) is 2.97. The van der Waals surface area contributed by atoms with Crippen LogP contribution in [0.25, 0.3) is 0 Å². The summed E-state index contributed by atoms with van der Waals surface area (Å²) < 4.78 is 0. The Labute approximate surface area is 169 Å². The molecule has 146 valence electrons. The topological polar surface area (TPSA) is 69.6 Å². The lowest BCUT2D eigenvalue weighted by Gasteiger charge is -2.32. The molecule has 5 nitrogen and oxygen atoms in total. The van der Waals surface area contributed by atoms with Gasteiger partial charge in [-0.2, -0.15) is 0 Å². The van der Waals surface area contributed by atoms with E-state index < -0.39 is 0 Å². The SMILES string of the molecule is O=C(c1ccc(O)cc1)C1CCN(C(=O)NC2CCc3cc(Cl)ccc32)CC1. The standard InChI is InChI=1S/C22H23ClN2O3/c23-17-4-7-19-16(13-17)3-8-20(19)24-22(28)25-11-9-15(10-12-25)21(27)14-1-5-18(26)6-2-14/h1-2,4-7,13,15,20,26H,3,8-12H2,(H,24,28). The fourth-order valence-corrected chi connectivity index (χ4v) is 4.38. The van der Waals surface area contributed by atoms with Gasteiger partial charge in [0.25, 0.3) is 0 Å². The number of benzene rings is 2. The molecule has 2 aromatic rings. The molecule has 2 aromatic carbocycles. The van der Waals surface area contributed by atoms with Crippen molar-refractivity contribution in [3.8, 4) is 5.75 Å². The number of phenols is 1. The fraction of sp³-hybridized carbons (Fsp3) is 0.364. The molecule has 2 amide bonds. The number of hydrogen-bond acceptors (Lipinski definition) is 3. The van der Waals surface area contributed by atoms with E-state index in [2.05, 4.69) is 5.32 Å². The number of piperidine rings is 1. The second kappa shape index (κ2) is 7.84. The summed E-state index contributed by atoms with van der Waals surface area (Å²) in [6, 6.07) is 12.2. The normalized spacial score (nSPS) is 19.3. The zero-order valence-corrected chi connectivity index (χ0v) is 16.3. The van der Waals surface area contributed by atoms with Gasteiger partial charge in [-0.25, -0.2) is 4.79 Å². The molecule has 1 aliphatic heterocycles. The van der Waals surface area contributed by atoms with Crippen LogP contribution in [0, 0.1) is 5.92 Å². The van der Waals surface area contributed by atoms with E-state index in [0.29, 0.717) is 31.5 Å². The molecule has 4 rings (SSSR count). The Bertz CT molecular complexity index is 889. The average molecular weight is 399 g/mol. The highest BCUT2D eigenvalue weighted by Gasteiger charge is 2.30. The number of fused-ring (bicyclic) bond motifs is 1. The number of nitrogens with one attached hydrogen (secondary N) is 1. The van der Waals surface area contributed by atoms with E-state index in [1.165, 1.54) is 17.7 Å². The lowest BCUT2D eigenvalue weighted by atomic mass is 9.89. The molecule has 1 heterocycles. The predicted molar refractivity (Wildman–Crippen MR) is 108 cm³/mol. The molecule has 1 fully saturated rings. The van der Waals surface area contributed by atoms with Gasteiger partial charge in [-0.05, 0) is 73.2 Å². The van der Waals surface area contributed by atoms with Gasteiger partial charge in [0.05, 0.1) is 6.04 Å². The number of nitrogens with zero attached hydrogens (tertiary/aromatic N) is 1. The van der Waals surface area contributed by atoms with Crippen molar-refractivity contribution in [2.24, 2.45) is 5.92 Å². The second-order valence-corrected chi connectivity index (χ2v) is 7.99. The molecular weight excluding hydrogens is 376 g/mol. The zero-order valence-electron chi connectivity index (χ0n) is 15.5. The van der Waals surface area contributed by atoms with Crippen molar-refractivity contribution in [1.29, 1.82) is 0 Å². The number of rotatable bonds is 3. The van der Waals surface area contributed by atoms with Crippen molar-refractivity contribution in [3.63, 3.8) is 0 Å². The molecule has 0 spiro atoms. The molecule has 0 saturated carbocycles. The van der Waals surface area contributed by atoms with E-state index in [1.807, 2.05) is 18.2 Å². The van der Waals surface area contributed by atoms with Crippen molar-refractivity contribution in [2.75, 3.05) is 13.1 Å². The maximum atomic E-state index is 12.7. The molecule has 2 aliphatic rings. The molecule has 1 unspecified atom stereocenters. The van der Waals surface area contributed by atoms with Crippen molar-refractivity contribution < 1.29 is 14.7 Å². The average Bonchev–Trinajstić information content (AvgIpc) is 3.10. The van der Waals surface area contributed by atoms with Crippen LogP contribution in [0.4, 0.5) is 4.79 Å². The summed E-state index contributed by atoms with van der Waals surface area (Å²) in [6.45, 7) is 1.14. The molecule has 2 N–H and O–H groups in total. The second-order valence-electron chi connectivity index (χ2n) is 7.56. The largest absolute Gasteiger partial charge is 0.508 e. The first-order chi connectivity index (χ1) is 13.5. The summed E-state index contributed by atoms with van der Waals surface area (Å²) in [7, 11) is 0. The van der Waals surface area contributed by atoms with Crippen LogP contribution in [0.2, 0.25) is 5.02 Å². The van der Waals surface area contributed by atoms with Crippen molar-refractivity contribution in [1.82, 2.24) is 10.2 Å². The van der Waals surface area contributed by atoms with Crippen molar-refractivity contribution in [3.05, 3.63) is 64.2 Å². The number of hydrogen-bond donors (Lipinski definition) is 2. The highest BCUT2D eigenvalue weighted by molar-refractivity contribution is 6.30. The van der Waals surface area contributed by atoms with Gasteiger partial charge in [0, 0.05) is 29.6 Å². The first kappa shape index (κ1) is 18.8. The fourth-order valence-electron chi connectivity index (χ4n) is 4.18. The predicted octanol–water partition coefficient (Wildman–Crippen LogP) is 4.34. The van der Waals surface area contributed by atoms with E-state index in [9.17, 15) is 14.7 Å². The molecule has 6 heteroatoms. The number of carbonyl (C=O) groups excluding carboxylic acids is 2. The van der Waals surface area contributed by atoms with Gasteiger partial charge in [0.2, 0.25) is 0 Å². The van der Waals surface area contributed by atoms with Crippen LogP contribution in [-0.4, -0.2) is 34.9 Å². The summed E-state index contributed by atoms with van der Waals surface area (Å²) >= 11 is 6.05. The maximum Gasteiger partial charge on any atom is 0.317 e. The third-order valence-electron chi connectivity index (χ3n) is 5.79. The first-order valence-electron chi connectivity index (χ1n) is 9.68. The van der Waals surface area contributed by atoms with E-state index in [-0.39, 0.29) is 29.5 Å². The van der Waals surface area contributed by atoms with E-state index in [4.69, 9.17) is 11.6 Å². The van der Waals surface area contributed by atoms with Crippen LogP contribution in [0.15, 0.2) is 42.5 Å². The number of amides is 2. The molecule has 1 saturated heterocycles. The van der Waals surface area contributed by atoms with Crippen LogP contribution in [-0.2, 0) is 6.42 Å². The minimum Gasteiger partial charge on any atom is -0.508 e. The van der Waals surface area contributed by atoms with Gasteiger partial charge in [0.15, 0.2) is 5.78 Å². The molecule has 28 heavy (non-hydrogen) atoms. The maximum absolute atomic E-state index is 12.7. The lowest BCUT2D eigenvalue weighted by molar-refractivity contribution is 0.0853. The highest BCUT2D eigenvalue weighted by Crippen LogP contribution is 2.33. The van der Waals surface area contributed by atoms with Crippen LogP contribution in [0.5, 0.6) is 5.75 Å². The quantitative estimate of drug-likeness (QED) is 0.755. The smallest absolute Gasteiger partial charge is 0.317 e. The van der Waals surface area contributed by atoms with E-state index in [1.54, 1.807) is 17.0 Å². The summed E-state index contributed by atoms with van der Waals surface area (Å²) in [6.07, 6.45) is 3.12. The van der Waals surface area contributed by atoms with E-state index in [0.717, 1.165) is 23.4 Å². The van der Waals surface area contributed by atoms with Gasteiger partial charge in [-0.3, -0.25) is 4.79 Å². The molecule has 0 radical (unpaired) electrons. The Morgan fingerprint density at radius 2 is 1.75 bits per heavy atom. The van der Waals surface area contributed by atoms with E-state index >= 15 is 0 Å². The summed E-state index contributed by atoms with van der Waals surface area (Å²) in [5.74, 6) is 0.156. The molecule has 0 aromatic heterocycles. The molecule has 1 aliphatic carbocycles. The Morgan fingerprint density at radius 1 is 1.04 bits per heavy atom. The third-order valence-corrected chi connectivity index (χ3v) is 6.02. The monoisotopic (exact) mass is 398 g/mol. The van der Waals surface area contributed by atoms with Crippen LogP contribution < -0.4 is 5.32 Å². The number of urea groups is 1. The number of aryl methyl sites for hydroxylation is 1. The Hall–Kier alpha value is -2.53. The van der Waals surface area contributed by atoms with Crippen molar-refractivity contribution in [2.45, 2.75) is 31.7 Å². The molecule has 0 bridgehead atoms. The third kappa shape index (κ3) is 3.85. The van der Waals surface area contributed by atoms with Gasteiger partial charge in [-0.1, -0.05) is 17.7 Å². The van der Waals surface area contributed by atoms with Gasteiger partial charge >= 0.3 is 6.03 Å². The zero-order chi connectivity index (χ0) is 19.7. The lowest BCUT2D eigenvalue weighted by Crippen LogP contribution is -2.46. The van der Waals surface area contributed by atoms with Crippen molar-refractivity contribution >= 4 is 23.4 Å². The number of phenolic OH excluding ortho intramolecular Hbond substituents is 1. The van der Waals surface area contributed by atoms with Gasteiger partial charge in [-0.15, -0.1) is 0 Å². The Balaban J connectivity index is 1.32. The number of carbonyl (C=O) groups is 2. The van der Waals surface area contributed by atoms with Gasteiger partial charge < -0.3 is 15.3 Å².